The summed E-state index contributed by atoms with van der Waals surface area (Å²) in [4.78, 5) is 16.6. The second-order valence-corrected chi connectivity index (χ2v) is 7.42. The fraction of sp³-hybridized carbons (Fsp3) is 0.632. The first kappa shape index (κ1) is 25.0. The van der Waals surface area contributed by atoms with Crippen molar-refractivity contribution in [3.63, 3.8) is 0 Å². The summed E-state index contributed by atoms with van der Waals surface area (Å²) < 4.78 is 38.5. The average Bonchev–Trinajstić information content (AvgIpc) is 2.61. The van der Waals surface area contributed by atoms with Crippen LogP contribution in [0.4, 0.5) is 13.2 Å². The topological polar surface area (TPSA) is 49.6 Å². The third-order valence-electron chi connectivity index (χ3n) is 5.41. The van der Waals surface area contributed by atoms with Crippen molar-refractivity contribution in [3.8, 4) is 0 Å². The molecule has 3 rings (SSSR count). The molecule has 2 fully saturated rings. The number of hydrogen-bond acceptors (Lipinski definition) is 3. The van der Waals surface area contributed by atoms with Gasteiger partial charge in [-0.2, -0.15) is 13.2 Å². The van der Waals surface area contributed by atoms with E-state index < -0.39 is 11.7 Å². The van der Waals surface area contributed by atoms with Gasteiger partial charge in [0.05, 0.1) is 5.56 Å². The zero-order valence-electron chi connectivity index (χ0n) is 15.7. The van der Waals surface area contributed by atoms with E-state index in [2.05, 4.69) is 4.90 Å². The molecule has 0 radical (unpaired) electrons. The Morgan fingerprint density at radius 3 is 2.39 bits per heavy atom. The van der Waals surface area contributed by atoms with Crippen LogP contribution in [0.15, 0.2) is 24.3 Å². The largest absolute Gasteiger partial charge is 0.416 e. The highest BCUT2D eigenvalue weighted by Gasteiger charge is 2.32. The van der Waals surface area contributed by atoms with Gasteiger partial charge in [-0.3, -0.25) is 9.69 Å². The smallest absolute Gasteiger partial charge is 0.340 e. The second kappa shape index (κ2) is 10.7. The standard InChI is InChI=1S/C19H26F3N3O.2ClH/c20-19(21,22)16-5-1-3-14(11-16)13-24-7-9-25(10-8-24)18(26)15-4-2-6-17(23)12-15;;/h1,3,5,11,15,17H,2,4,6-10,12-13,23H2;2*1H. The maximum Gasteiger partial charge on any atom is 0.416 e. The van der Waals surface area contributed by atoms with Crippen molar-refractivity contribution in [2.75, 3.05) is 26.2 Å². The fourth-order valence-electron chi connectivity index (χ4n) is 3.94. The molecule has 2 aliphatic rings. The molecule has 1 aliphatic carbocycles. The summed E-state index contributed by atoms with van der Waals surface area (Å²) in [7, 11) is 0. The van der Waals surface area contributed by atoms with Crippen molar-refractivity contribution in [2.24, 2.45) is 11.7 Å². The minimum atomic E-state index is -4.32. The van der Waals surface area contributed by atoms with Crippen molar-refractivity contribution in [2.45, 2.75) is 44.4 Å². The van der Waals surface area contributed by atoms with Crippen molar-refractivity contribution in [3.05, 3.63) is 35.4 Å². The quantitative estimate of drug-likeness (QED) is 0.777. The van der Waals surface area contributed by atoms with Gasteiger partial charge in [0, 0.05) is 44.7 Å². The number of nitrogens with zero attached hydrogens (tertiary/aromatic N) is 2. The van der Waals surface area contributed by atoms with Gasteiger partial charge in [0.15, 0.2) is 0 Å². The predicted molar refractivity (Wildman–Crippen MR) is 108 cm³/mol. The van der Waals surface area contributed by atoms with Crippen LogP contribution in [-0.4, -0.2) is 47.9 Å². The summed E-state index contributed by atoms with van der Waals surface area (Å²) in [6.07, 6.45) is -0.635. The fourth-order valence-corrected chi connectivity index (χ4v) is 3.94. The van der Waals surface area contributed by atoms with Crippen LogP contribution < -0.4 is 5.73 Å². The number of rotatable bonds is 3. The Bertz CT molecular complexity index is 637. The van der Waals surface area contributed by atoms with E-state index in [4.69, 9.17) is 5.73 Å². The van der Waals surface area contributed by atoms with E-state index in [1.54, 1.807) is 6.07 Å². The maximum absolute atomic E-state index is 12.8. The third kappa shape index (κ3) is 6.51. The third-order valence-corrected chi connectivity index (χ3v) is 5.41. The van der Waals surface area contributed by atoms with Gasteiger partial charge in [0.25, 0.3) is 0 Å². The molecule has 1 heterocycles. The summed E-state index contributed by atoms with van der Waals surface area (Å²) in [5.41, 5.74) is 6.02. The van der Waals surface area contributed by atoms with Crippen molar-refractivity contribution in [1.82, 2.24) is 9.80 Å². The van der Waals surface area contributed by atoms with E-state index >= 15 is 0 Å². The van der Waals surface area contributed by atoms with Crippen LogP contribution in [-0.2, 0) is 17.5 Å². The highest BCUT2D eigenvalue weighted by atomic mass is 35.5. The molecular formula is C19H28Cl2F3N3O. The minimum Gasteiger partial charge on any atom is -0.340 e. The molecule has 0 aromatic heterocycles. The van der Waals surface area contributed by atoms with Crippen molar-refractivity contribution in [1.29, 1.82) is 0 Å². The van der Waals surface area contributed by atoms with Gasteiger partial charge in [-0.25, -0.2) is 0 Å². The highest BCUT2D eigenvalue weighted by molar-refractivity contribution is 5.85. The highest BCUT2D eigenvalue weighted by Crippen LogP contribution is 2.30. The van der Waals surface area contributed by atoms with E-state index in [-0.39, 0.29) is 42.7 Å². The molecule has 4 nitrogen and oxygen atoms in total. The van der Waals surface area contributed by atoms with Crippen LogP contribution in [0.2, 0.25) is 0 Å². The number of piperazine rings is 1. The number of carbonyl (C=O) groups is 1. The summed E-state index contributed by atoms with van der Waals surface area (Å²) in [6.45, 7) is 3.09. The van der Waals surface area contributed by atoms with E-state index in [9.17, 15) is 18.0 Å². The molecule has 2 atom stereocenters. The molecule has 28 heavy (non-hydrogen) atoms. The molecule has 1 aromatic rings. The molecule has 2 N–H and O–H groups in total. The lowest BCUT2D eigenvalue weighted by Gasteiger charge is -2.37. The first-order valence-electron chi connectivity index (χ1n) is 9.26. The first-order valence-corrected chi connectivity index (χ1v) is 9.26. The molecule has 160 valence electrons. The van der Waals surface area contributed by atoms with Gasteiger partial charge < -0.3 is 10.6 Å². The molecular weight excluding hydrogens is 414 g/mol. The molecule has 2 unspecified atom stereocenters. The van der Waals surface area contributed by atoms with Crippen molar-refractivity contribution < 1.29 is 18.0 Å². The Hall–Kier alpha value is -1.02. The lowest BCUT2D eigenvalue weighted by Crippen LogP contribution is -2.50. The van der Waals surface area contributed by atoms with Crippen LogP contribution >= 0.6 is 24.8 Å². The second-order valence-electron chi connectivity index (χ2n) is 7.42. The molecule has 0 bridgehead atoms. The number of amides is 1. The van der Waals surface area contributed by atoms with Crippen LogP contribution in [0.1, 0.15) is 36.8 Å². The van der Waals surface area contributed by atoms with Crippen LogP contribution in [0.25, 0.3) is 0 Å². The Morgan fingerprint density at radius 1 is 1.11 bits per heavy atom. The summed E-state index contributed by atoms with van der Waals surface area (Å²) in [5.74, 6) is 0.229. The Balaban J connectivity index is 0.00000196. The SMILES string of the molecule is Cl.Cl.NC1CCCC(C(=O)N2CCN(Cc3cccc(C(F)(F)F)c3)CC2)C1. The van der Waals surface area contributed by atoms with E-state index in [1.807, 2.05) is 4.90 Å². The van der Waals surface area contributed by atoms with Crippen LogP contribution in [0, 0.1) is 5.92 Å². The number of halogens is 5. The minimum absolute atomic E-state index is 0. The lowest BCUT2D eigenvalue weighted by atomic mass is 9.85. The number of nitrogens with two attached hydrogens (primary N) is 1. The Morgan fingerprint density at radius 2 is 1.79 bits per heavy atom. The zero-order valence-corrected chi connectivity index (χ0v) is 17.3. The molecule has 0 spiro atoms. The first-order chi connectivity index (χ1) is 12.3. The van der Waals surface area contributed by atoms with E-state index in [1.165, 1.54) is 12.1 Å². The van der Waals surface area contributed by atoms with Gasteiger partial charge >= 0.3 is 6.18 Å². The molecule has 1 aliphatic heterocycles. The predicted octanol–water partition coefficient (Wildman–Crippen LogP) is 3.71. The average molecular weight is 442 g/mol. The van der Waals surface area contributed by atoms with E-state index in [0.29, 0.717) is 38.3 Å². The monoisotopic (exact) mass is 441 g/mol. The molecule has 9 heteroatoms. The normalized spacial score (nSPS) is 23.5. The molecule has 1 amide bonds. The van der Waals surface area contributed by atoms with E-state index in [0.717, 1.165) is 31.7 Å². The summed E-state index contributed by atoms with van der Waals surface area (Å²) in [6, 6.07) is 5.59. The lowest BCUT2D eigenvalue weighted by molar-refractivity contribution is -0.139. The van der Waals surface area contributed by atoms with Gasteiger partial charge in [-0.15, -0.1) is 24.8 Å². The summed E-state index contributed by atoms with van der Waals surface area (Å²) in [5, 5.41) is 0. The number of carbonyl (C=O) groups excluding carboxylic acids is 1. The van der Waals surface area contributed by atoms with Gasteiger partial charge in [-0.05, 0) is 30.9 Å². The van der Waals surface area contributed by atoms with Crippen molar-refractivity contribution >= 4 is 30.7 Å². The zero-order chi connectivity index (χ0) is 18.7. The number of alkyl halides is 3. The maximum atomic E-state index is 12.8. The van der Waals surface area contributed by atoms with Crippen LogP contribution in [0.3, 0.4) is 0 Å². The summed E-state index contributed by atoms with van der Waals surface area (Å²) >= 11 is 0. The Labute approximate surface area is 176 Å². The van der Waals surface area contributed by atoms with Gasteiger partial charge in [0.1, 0.15) is 0 Å². The number of hydrogen-bond donors (Lipinski definition) is 1. The molecule has 1 aromatic carbocycles. The van der Waals surface area contributed by atoms with Crippen LogP contribution in [0.5, 0.6) is 0 Å². The Kier molecular flexibility index (Phi) is 9.53. The van der Waals surface area contributed by atoms with Gasteiger partial charge in [0.2, 0.25) is 5.91 Å². The molecule has 1 saturated carbocycles. The number of benzene rings is 1. The molecule has 1 saturated heterocycles. The van der Waals surface area contributed by atoms with Gasteiger partial charge in [-0.1, -0.05) is 24.6 Å².